The predicted octanol–water partition coefficient (Wildman–Crippen LogP) is 4.11. The Morgan fingerprint density at radius 1 is 1.05 bits per heavy atom. The van der Waals surface area contributed by atoms with Gasteiger partial charge < -0.3 is 9.84 Å². The highest BCUT2D eigenvalue weighted by Gasteiger charge is 2.12. The first-order valence-corrected chi connectivity index (χ1v) is 7.43. The number of aliphatic hydroxyl groups is 1. The van der Waals surface area contributed by atoms with E-state index in [-0.39, 0.29) is 0 Å². The van der Waals surface area contributed by atoms with Crippen LogP contribution in [0.2, 0.25) is 5.02 Å². The molecule has 0 radical (unpaired) electrons. The predicted molar refractivity (Wildman–Crippen MR) is 87.3 cm³/mol. The zero-order valence-corrected chi connectivity index (χ0v) is 13.4. The van der Waals surface area contributed by atoms with Crippen LogP contribution in [0.4, 0.5) is 0 Å². The van der Waals surface area contributed by atoms with E-state index >= 15 is 0 Å². The van der Waals surface area contributed by atoms with Crippen LogP contribution in [-0.2, 0) is 12.8 Å². The van der Waals surface area contributed by atoms with Crippen molar-refractivity contribution in [1.82, 2.24) is 0 Å². The lowest BCUT2D eigenvalue weighted by atomic mass is 9.98. The molecule has 21 heavy (non-hydrogen) atoms. The highest BCUT2D eigenvalue weighted by atomic mass is 35.5. The number of aryl methyl sites for hydroxylation is 2. The molecule has 0 amide bonds. The molecule has 0 aliphatic carbocycles. The number of hydrogen-bond acceptors (Lipinski definition) is 2. The molecule has 112 valence electrons. The Labute approximate surface area is 131 Å². The maximum absolute atomic E-state index is 10.4. The molecule has 2 aromatic rings. The molecule has 0 heterocycles. The fourth-order valence-electron chi connectivity index (χ4n) is 2.69. The number of benzene rings is 2. The Balaban J connectivity index is 2.11. The third-order valence-corrected chi connectivity index (χ3v) is 3.69. The zero-order chi connectivity index (χ0) is 15.4. The minimum absolute atomic E-state index is 0.460. The molecule has 1 N–H and O–H groups in total. The first kappa shape index (κ1) is 15.9. The van der Waals surface area contributed by atoms with Gasteiger partial charge in [0.1, 0.15) is 5.75 Å². The lowest BCUT2D eigenvalue weighted by molar-refractivity contribution is 0.174. The van der Waals surface area contributed by atoms with Gasteiger partial charge in [0.2, 0.25) is 0 Å². The van der Waals surface area contributed by atoms with E-state index < -0.39 is 6.10 Å². The van der Waals surface area contributed by atoms with Gasteiger partial charge in [-0.05, 0) is 49.6 Å². The van der Waals surface area contributed by atoms with Crippen LogP contribution in [0.5, 0.6) is 5.75 Å². The number of rotatable bonds is 5. The average Bonchev–Trinajstić information content (AvgIpc) is 2.37. The topological polar surface area (TPSA) is 29.5 Å². The molecule has 0 aliphatic rings. The summed E-state index contributed by atoms with van der Waals surface area (Å²) >= 11 is 6.02. The molecule has 1 atom stereocenters. The van der Waals surface area contributed by atoms with Crippen molar-refractivity contribution in [2.24, 2.45) is 0 Å². The van der Waals surface area contributed by atoms with Crippen molar-refractivity contribution in [3.8, 4) is 5.75 Å². The van der Waals surface area contributed by atoms with Crippen LogP contribution in [0.1, 0.15) is 22.3 Å². The summed E-state index contributed by atoms with van der Waals surface area (Å²) in [5.74, 6) is 0.763. The maximum atomic E-state index is 10.4. The summed E-state index contributed by atoms with van der Waals surface area (Å²) in [5, 5.41) is 11.0. The van der Waals surface area contributed by atoms with E-state index in [2.05, 4.69) is 32.0 Å². The first-order valence-electron chi connectivity index (χ1n) is 7.05. The van der Waals surface area contributed by atoms with Gasteiger partial charge in [-0.15, -0.1) is 0 Å². The lowest BCUT2D eigenvalue weighted by Gasteiger charge is -2.14. The van der Waals surface area contributed by atoms with Crippen molar-refractivity contribution < 1.29 is 9.84 Å². The average molecular weight is 305 g/mol. The molecular weight excluding hydrogens is 284 g/mol. The van der Waals surface area contributed by atoms with E-state index in [9.17, 15) is 5.11 Å². The second-order valence-electron chi connectivity index (χ2n) is 5.51. The number of halogens is 1. The van der Waals surface area contributed by atoms with Crippen molar-refractivity contribution in [1.29, 1.82) is 0 Å². The molecule has 0 aromatic heterocycles. The minimum Gasteiger partial charge on any atom is -0.496 e. The standard InChI is InChI=1S/C18H21ClO2/c1-12-6-13(2)8-14(7-12)9-17(20)11-15-10-16(19)4-5-18(15)21-3/h4-8,10,17,20H,9,11H2,1-3H3. The van der Waals surface area contributed by atoms with E-state index in [1.165, 1.54) is 11.1 Å². The second-order valence-corrected chi connectivity index (χ2v) is 5.95. The van der Waals surface area contributed by atoms with Crippen LogP contribution < -0.4 is 4.74 Å². The Morgan fingerprint density at radius 3 is 2.33 bits per heavy atom. The van der Waals surface area contributed by atoms with E-state index in [1.54, 1.807) is 13.2 Å². The number of aliphatic hydroxyl groups excluding tert-OH is 1. The number of hydrogen-bond donors (Lipinski definition) is 1. The van der Waals surface area contributed by atoms with E-state index in [1.807, 2.05) is 12.1 Å². The van der Waals surface area contributed by atoms with Gasteiger partial charge in [0.25, 0.3) is 0 Å². The largest absolute Gasteiger partial charge is 0.496 e. The Bertz CT molecular complexity index is 602. The van der Waals surface area contributed by atoms with Gasteiger partial charge in [-0.2, -0.15) is 0 Å². The molecule has 2 rings (SSSR count). The van der Waals surface area contributed by atoms with Crippen LogP contribution in [0.3, 0.4) is 0 Å². The van der Waals surface area contributed by atoms with Crippen LogP contribution >= 0.6 is 11.6 Å². The SMILES string of the molecule is COc1ccc(Cl)cc1CC(O)Cc1cc(C)cc(C)c1. The second kappa shape index (κ2) is 6.97. The van der Waals surface area contributed by atoms with Crippen molar-refractivity contribution >= 4 is 11.6 Å². The van der Waals surface area contributed by atoms with Crippen molar-refractivity contribution in [2.45, 2.75) is 32.8 Å². The summed E-state index contributed by atoms with van der Waals surface area (Å²) in [4.78, 5) is 0. The first-order chi connectivity index (χ1) is 9.97. The quantitative estimate of drug-likeness (QED) is 0.900. The summed E-state index contributed by atoms with van der Waals surface area (Å²) < 4.78 is 5.32. The molecular formula is C18H21ClO2. The molecule has 0 saturated carbocycles. The normalized spacial score (nSPS) is 12.2. The molecule has 1 unspecified atom stereocenters. The Morgan fingerprint density at radius 2 is 1.71 bits per heavy atom. The monoisotopic (exact) mass is 304 g/mol. The summed E-state index contributed by atoms with van der Waals surface area (Å²) in [6.45, 7) is 4.14. The highest BCUT2D eigenvalue weighted by Crippen LogP contribution is 2.24. The third kappa shape index (κ3) is 4.48. The minimum atomic E-state index is -0.460. The van der Waals surface area contributed by atoms with Crippen LogP contribution in [0, 0.1) is 13.8 Å². The van der Waals surface area contributed by atoms with Gasteiger partial charge in [0.15, 0.2) is 0 Å². The van der Waals surface area contributed by atoms with Gasteiger partial charge in [-0.3, -0.25) is 0 Å². The molecule has 2 nitrogen and oxygen atoms in total. The van der Waals surface area contributed by atoms with Gasteiger partial charge >= 0.3 is 0 Å². The summed E-state index contributed by atoms with van der Waals surface area (Å²) in [6, 6.07) is 11.8. The highest BCUT2D eigenvalue weighted by molar-refractivity contribution is 6.30. The summed E-state index contributed by atoms with van der Waals surface area (Å²) in [7, 11) is 1.63. The van der Waals surface area contributed by atoms with Gasteiger partial charge in [0, 0.05) is 11.4 Å². The Kier molecular flexibility index (Phi) is 5.27. The third-order valence-electron chi connectivity index (χ3n) is 3.45. The maximum Gasteiger partial charge on any atom is 0.122 e. The number of methoxy groups -OCH3 is 1. The molecule has 0 fully saturated rings. The summed E-state index contributed by atoms with van der Waals surface area (Å²) in [5.41, 5.74) is 4.53. The summed E-state index contributed by atoms with van der Waals surface area (Å²) in [6.07, 6.45) is 0.688. The zero-order valence-electron chi connectivity index (χ0n) is 12.7. The molecule has 0 saturated heterocycles. The van der Waals surface area contributed by atoms with Crippen molar-refractivity contribution in [3.05, 3.63) is 63.7 Å². The molecule has 2 aromatic carbocycles. The smallest absolute Gasteiger partial charge is 0.122 e. The Hall–Kier alpha value is -1.51. The van der Waals surface area contributed by atoms with Gasteiger partial charge in [-0.25, -0.2) is 0 Å². The molecule has 0 spiro atoms. The molecule has 0 bridgehead atoms. The van der Waals surface area contributed by atoms with Gasteiger partial charge in [0.05, 0.1) is 13.2 Å². The van der Waals surface area contributed by atoms with Gasteiger partial charge in [-0.1, -0.05) is 40.9 Å². The fourth-order valence-corrected chi connectivity index (χ4v) is 2.89. The van der Waals surface area contributed by atoms with E-state index in [0.717, 1.165) is 16.9 Å². The lowest BCUT2D eigenvalue weighted by Crippen LogP contribution is -2.14. The van der Waals surface area contributed by atoms with Crippen LogP contribution in [-0.4, -0.2) is 18.3 Å². The van der Waals surface area contributed by atoms with Crippen LogP contribution in [0.15, 0.2) is 36.4 Å². The fraction of sp³-hybridized carbons (Fsp3) is 0.333. The van der Waals surface area contributed by atoms with E-state index in [0.29, 0.717) is 17.9 Å². The van der Waals surface area contributed by atoms with Crippen molar-refractivity contribution in [3.63, 3.8) is 0 Å². The number of ether oxygens (including phenoxy) is 1. The van der Waals surface area contributed by atoms with E-state index in [4.69, 9.17) is 16.3 Å². The van der Waals surface area contributed by atoms with Crippen molar-refractivity contribution in [2.75, 3.05) is 7.11 Å². The molecule has 0 aliphatic heterocycles. The molecule has 3 heteroatoms. The van der Waals surface area contributed by atoms with Crippen LogP contribution in [0.25, 0.3) is 0 Å².